The zero-order valence-corrected chi connectivity index (χ0v) is 20.1. The van der Waals surface area contributed by atoms with Gasteiger partial charge in [0.15, 0.2) is 0 Å². The predicted octanol–water partition coefficient (Wildman–Crippen LogP) is 3.19. The summed E-state index contributed by atoms with van der Waals surface area (Å²) < 4.78 is 0. The molecule has 2 aromatic rings. The van der Waals surface area contributed by atoms with E-state index in [-0.39, 0.29) is 23.8 Å². The molecule has 1 aliphatic heterocycles. The van der Waals surface area contributed by atoms with Crippen molar-refractivity contribution in [3.8, 4) is 0 Å². The lowest BCUT2D eigenvalue weighted by Gasteiger charge is -2.47. The van der Waals surface area contributed by atoms with Gasteiger partial charge in [-0.25, -0.2) is 4.79 Å². The van der Waals surface area contributed by atoms with Crippen molar-refractivity contribution < 1.29 is 9.59 Å². The lowest BCUT2D eigenvalue weighted by molar-refractivity contribution is -0.135. The van der Waals surface area contributed by atoms with Crippen molar-refractivity contribution in [3.05, 3.63) is 48.2 Å². The van der Waals surface area contributed by atoms with Gasteiger partial charge >= 0.3 is 6.03 Å². The first kappa shape index (κ1) is 23.5. The molecular formula is C26H37N5O2. The van der Waals surface area contributed by atoms with Crippen LogP contribution in [0.25, 0.3) is 10.9 Å². The number of urea groups is 1. The van der Waals surface area contributed by atoms with Crippen LogP contribution in [0.15, 0.2) is 37.1 Å². The molecule has 1 aliphatic carbocycles. The van der Waals surface area contributed by atoms with Crippen molar-refractivity contribution in [1.29, 1.82) is 0 Å². The molecule has 7 nitrogen and oxygen atoms in total. The SMILES string of the molecule is C=CCN1CC(C(=O)N(CCCN(C)C)C(=O)NCC)C[C@H]2c3cccc4[nH]cc(c34)C[C@H]21. The molecule has 0 saturated carbocycles. The van der Waals surface area contributed by atoms with E-state index in [1.54, 1.807) is 0 Å². The molecule has 3 amide bonds. The van der Waals surface area contributed by atoms with Crippen molar-refractivity contribution >= 4 is 22.8 Å². The van der Waals surface area contributed by atoms with Crippen LogP contribution in [0, 0.1) is 5.92 Å². The van der Waals surface area contributed by atoms with Crippen molar-refractivity contribution in [2.24, 2.45) is 5.92 Å². The second kappa shape index (κ2) is 10.1. The quantitative estimate of drug-likeness (QED) is 0.605. The Morgan fingerprint density at radius 3 is 2.85 bits per heavy atom. The smallest absolute Gasteiger partial charge is 0.324 e. The molecular weight excluding hydrogens is 414 g/mol. The summed E-state index contributed by atoms with van der Waals surface area (Å²) in [5, 5.41) is 4.16. The Kier molecular flexibility index (Phi) is 7.20. The van der Waals surface area contributed by atoms with E-state index in [0.717, 1.165) is 37.9 Å². The Hall–Kier alpha value is -2.64. The number of likely N-dealkylation sites (tertiary alicyclic amines) is 1. The number of aromatic nitrogens is 1. The van der Waals surface area contributed by atoms with Gasteiger partial charge in [0.2, 0.25) is 5.91 Å². The minimum Gasteiger partial charge on any atom is -0.361 e. The Bertz CT molecular complexity index is 1010. The number of aromatic amines is 1. The van der Waals surface area contributed by atoms with Crippen LogP contribution in [0.4, 0.5) is 4.79 Å². The minimum atomic E-state index is -0.280. The van der Waals surface area contributed by atoms with Gasteiger partial charge in [0, 0.05) is 55.2 Å². The van der Waals surface area contributed by atoms with E-state index in [1.807, 2.05) is 27.1 Å². The number of hydrogen-bond donors (Lipinski definition) is 2. The van der Waals surface area contributed by atoms with Crippen LogP contribution < -0.4 is 5.32 Å². The zero-order valence-electron chi connectivity index (χ0n) is 20.1. The fraction of sp³-hybridized carbons (Fsp3) is 0.538. The maximum Gasteiger partial charge on any atom is 0.324 e. The van der Waals surface area contributed by atoms with Crippen molar-refractivity contribution in [3.63, 3.8) is 0 Å². The number of nitrogens with one attached hydrogen (secondary N) is 2. The molecule has 1 aromatic carbocycles. The largest absolute Gasteiger partial charge is 0.361 e. The molecule has 33 heavy (non-hydrogen) atoms. The Labute approximate surface area is 196 Å². The van der Waals surface area contributed by atoms with Crippen molar-refractivity contribution in [1.82, 2.24) is 25.0 Å². The van der Waals surface area contributed by atoms with Crippen molar-refractivity contribution in [2.75, 3.05) is 46.8 Å². The molecule has 0 radical (unpaired) electrons. The standard InChI is InChI=1S/C26H37N5O2/c1-5-11-30-17-19(25(32)31(26(33)27-6-2)13-8-12-29(3)4)14-21-20-9-7-10-22-24(20)18(16-28-22)15-23(21)30/h5,7,9-10,16,19,21,23,28H,1,6,8,11-15,17H2,2-4H3,(H,27,33)/t19?,21-,23+/m0/s1. The van der Waals surface area contributed by atoms with Gasteiger partial charge in [-0.05, 0) is 64.0 Å². The molecule has 2 heterocycles. The number of piperidine rings is 1. The average molecular weight is 452 g/mol. The molecule has 0 bridgehead atoms. The Morgan fingerprint density at radius 1 is 1.30 bits per heavy atom. The van der Waals surface area contributed by atoms with Crippen LogP contribution in [-0.4, -0.2) is 84.5 Å². The monoisotopic (exact) mass is 451 g/mol. The van der Waals surface area contributed by atoms with E-state index in [9.17, 15) is 9.59 Å². The number of fused-ring (bicyclic) bond motifs is 2. The maximum atomic E-state index is 13.7. The Balaban J connectivity index is 1.61. The molecule has 2 N–H and O–H groups in total. The van der Waals surface area contributed by atoms with Crippen LogP contribution in [0.5, 0.6) is 0 Å². The number of H-pyrrole nitrogens is 1. The van der Waals surface area contributed by atoms with Crippen molar-refractivity contribution in [2.45, 2.75) is 38.1 Å². The van der Waals surface area contributed by atoms with Gasteiger partial charge < -0.3 is 15.2 Å². The van der Waals surface area contributed by atoms with Crippen LogP contribution in [-0.2, 0) is 11.2 Å². The Morgan fingerprint density at radius 2 is 2.12 bits per heavy atom. The highest BCUT2D eigenvalue weighted by Crippen LogP contribution is 2.45. The maximum absolute atomic E-state index is 13.7. The molecule has 4 rings (SSSR count). The first-order chi connectivity index (χ1) is 15.9. The van der Waals surface area contributed by atoms with Crippen LogP contribution >= 0.6 is 0 Å². The third-order valence-electron chi connectivity index (χ3n) is 7.11. The molecule has 1 fully saturated rings. The van der Waals surface area contributed by atoms with Crippen LogP contribution in [0.2, 0.25) is 0 Å². The number of hydrogen-bond acceptors (Lipinski definition) is 4. The van der Waals surface area contributed by atoms with Gasteiger partial charge in [0.25, 0.3) is 0 Å². The van der Waals surface area contributed by atoms with Gasteiger partial charge in [-0.2, -0.15) is 0 Å². The number of nitrogens with zero attached hydrogens (tertiary/aromatic N) is 3. The van der Waals surface area contributed by atoms with Gasteiger partial charge in [-0.15, -0.1) is 6.58 Å². The third kappa shape index (κ3) is 4.70. The molecule has 0 spiro atoms. The number of benzene rings is 1. The molecule has 1 saturated heterocycles. The lowest BCUT2D eigenvalue weighted by atomic mass is 9.72. The van der Waals surface area contributed by atoms with E-state index in [4.69, 9.17) is 0 Å². The number of rotatable bonds is 8. The van der Waals surface area contributed by atoms with Crippen LogP contribution in [0.1, 0.15) is 36.8 Å². The highest BCUT2D eigenvalue weighted by Gasteiger charge is 2.43. The molecule has 1 aromatic heterocycles. The summed E-state index contributed by atoms with van der Waals surface area (Å²) in [5.74, 6) is -0.0133. The van der Waals surface area contributed by atoms with E-state index in [1.165, 1.54) is 21.4 Å². The number of imide groups is 1. The minimum absolute atomic E-state index is 0.0562. The third-order valence-corrected chi connectivity index (χ3v) is 7.11. The normalized spacial score (nSPS) is 22.2. The summed E-state index contributed by atoms with van der Waals surface area (Å²) in [6.07, 6.45) is 6.56. The van der Waals surface area contributed by atoms with Gasteiger partial charge in [-0.1, -0.05) is 18.2 Å². The average Bonchev–Trinajstić information content (AvgIpc) is 3.21. The predicted molar refractivity (Wildman–Crippen MR) is 132 cm³/mol. The van der Waals surface area contributed by atoms with E-state index >= 15 is 0 Å². The fourth-order valence-corrected chi connectivity index (χ4v) is 5.68. The zero-order chi connectivity index (χ0) is 23.5. The summed E-state index contributed by atoms with van der Waals surface area (Å²) in [6, 6.07) is 6.50. The molecule has 1 unspecified atom stereocenters. The summed E-state index contributed by atoms with van der Waals surface area (Å²) in [6.45, 7) is 9.02. The first-order valence-electron chi connectivity index (χ1n) is 12.1. The lowest BCUT2D eigenvalue weighted by Crippen LogP contribution is -2.55. The second-order valence-electron chi connectivity index (χ2n) is 9.62. The number of carbonyl (C=O) groups is 2. The summed E-state index contributed by atoms with van der Waals surface area (Å²) in [7, 11) is 4.01. The van der Waals surface area contributed by atoms with Crippen LogP contribution in [0.3, 0.4) is 0 Å². The summed E-state index contributed by atoms with van der Waals surface area (Å²) >= 11 is 0. The first-order valence-corrected chi connectivity index (χ1v) is 12.1. The van der Waals surface area contributed by atoms with E-state index < -0.39 is 0 Å². The summed E-state index contributed by atoms with van der Waals surface area (Å²) in [5.41, 5.74) is 3.84. The van der Waals surface area contributed by atoms with E-state index in [2.05, 4.69) is 51.1 Å². The summed E-state index contributed by atoms with van der Waals surface area (Å²) in [4.78, 5) is 35.9. The number of amides is 3. The van der Waals surface area contributed by atoms with Gasteiger partial charge in [-0.3, -0.25) is 14.6 Å². The molecule has 2 aliphatic rings. The molecule has 178 valence electrons. The topological polar surface area (TPSA) is 71.7 Å². The highest BCUT2D eigenvalue weighted by atomic mass is 16.2. The highest BCUT2D eigenvalue weighted by molar-refractivity contribution is 5.96. The van der Waals surface area contributed by atoms with E-state index in [0.29, 0.717) is 25.7 Å². The molecule has 7 heteroatoms. The van der Waals surface area contributed by atoms with Gasteiger partial charge in [0.05, 0.1) is 5.92 Å². The number of carbonyl (C=O) groups excluding carboxylic acids is 2. The second-order valence-corrected chi connectivity index (χ2v) is 9.62. The fourth-order valence-electron chi connectivity index (χ4n) is 5.68. The molecule has 3 atom stereocenters. The van der Waals surface area contributed by atoms with Gasteiger partial charge in [0.1, 0.15) is 0 Å².